The SMILES string of the molecule is CCNC(=NCC(O)c1ccc(C)cc1)NCCc1ccccc1OC. The summed E-state index contributed by atoms with van der Waals surface area (Å²) in [5.41, 5.74) is 3.21. The van der Waals surface area contributed by atoms with Gasteiger partial charge in [0.1, 0.15) is 5.75 Å². The van der Waals surface area contributed by atoms with Crippen LogP contribution in [0.5, 0.6) is 5.75 Å². The van der Waals surface area contributed by atoms with Crippen molar-refractivity contribution in [2.24, 2.45) is 4.99 Å². The van der Waals surface area contributed by atoms with Crippen LogP contribution in [0.25, 0.3) is 0 Å². The molecule has 140 valence electrons. The number of nitrogens with zero attached hydrogens (tertiary/aromatic N) is 1. The largest absolute Gasteiger partial charge is 0.496 e. The van der Waals surface area contributed by atoms with E-state index in [1.165, 1.54) is 5.56 Å². The first-order chi connectivity index (χ1) is 12.6. The highest BCUT2D eigenvalue weighted by Gasteiger charge is 2.07. The van der Waals surface area contributed by atoms with E-state index in [4.69, 9.17) is 4.74 Å². The molecule has 5 heteroatoms. The first-order valence-corrected chi connectivity index (χ1v) is 9.02. The molecule has 0 aliphatic heterocycles. The number of hydrogen-bond donors (Lipinski definition) is 3. The van der Waals surface area contributed by atoms with Crippen LogP contribution in [0, 0.1) is 6.92 Å². The quantitative estimate of drug-likeness (QED) is 0.503. The standard InChI is InChI=1S/C21H29N3O2/c1-4-22-21(23-14-13-18-7-5-6-8-20(18)26-3)24-15-19(25)17-11-9-16(2)10-12-17/h5-12,19,25H,4,13-15H2,1-3H3,(H2,22,23,24). The maximum Gasteiger partial charge on any atom is 0.191 e. The van der Waals surface area contributed by atoms with Gasteiger partial charge in [-0.3, -0.25) is 4.99 Å². The molecule has 2 rings (SSSR count). The molecule has 5 nitrogen and oxygen atoms in total. The minimum absolute atomic E-state index is 0.313. The predicted molar refractivity (Wildman–Crippen MR) is 107 cm³/mol. The van der Waals surface area contributed by atoms with Gasteiger partial charge in [-0.1, -0.05) is 48.0 Å². The Morgan fingerprint density at radius 2 is 1.85 bits per heavy atom. The van der Waals surface area contributed by atoms with Crippen molar-refractivity contribution in [1.29, 1.82) is 0 Å². The molecule has 0 spiro atoms. The molecule has 1 unspecified atom stereocenters. The number of aliphatic imine (C=N–C) groups is 1. The lowest BCUT2D eigenvalue weighted by atomic mass is 10.1. The Bertz CT molecular complexity index is 699. The first kappa shape index (κ1) is 19.8. The Hall–Kier alpha value is -2.53. The number of guanidine groups is 1. The molecular weight excluding hydrogens is 326 g/mol. The van der Waals surface area contributed by atoms with Crippen molar-refractivity contribution in [3.8, 4) is 5.75 Å². The maximum absolute atomic E-state index is 10.3. The van der Waals surface area contributed by atoms with Crippen molar-refractivity contribution in [2.45, 2.75) is 26.4 Å². The van der Waals surface area contributed by atoms with Gasteiger partial charge in [0.15, 0.2) is 5.96 Å². The zero-order valence-electron chi connectivity index (χ0n) is 15.8. The molecular formula is C21H29N3O2. The van der Waals surface area contributed by atoms with Crippen molar-refractivity contribution in [2.75, 3.05) is 26.7 Å². The van der Waals surface area contributed by atoms with Gasteiger partial charge in [0.2, 0.25) is 0 Å². The van der Waals surface area contributed by atoms with Crippen LogP contribution in [0.3, 0.4) is 0 Å². The minimum Gasteiger partial charge on any atom is -0.496 e. The Balaban J connectivity index is 1.90. The topological polar surface area (TPSA) is 65.9 Å². The Morgan fingerprint density at radius 3 is 2.54 bits per heavy atom. The van der Waals surface area contributed by atoms with Crippen molar-refractivity contribution in [1.82, 2.24) is 10.6 Å². The highest BCUT2D eigenvalue weighted by molar-refractivity contribution is 5.79. The molecule has 0 amide bonds. The van der Waals surface area contributed by atoms with Gasteiger partial charge in [0.05, 0.1) is 19.8 Å². The van der Waals surface area contributed by atoms with Crippen molar-refractivity contribution < 1.29 is 9.84 Å². The van der Waals surface area contributed by atoms with E-state index in [9.17, 15) is 5.11 Å². The smallest absolute Gasteiger partial charge is 0.191 e. The van der Waals surface area contributed by atoms with E-state index < -0.39 is 6.10 Å². The van der Waals surface area contributed by atoms with Gasteiger partial charge in [-0.15, -0.1) is 0 Å². The third kappa shape index (κ3) is 6.08. The number of ether oxygens (including phenoxy) is 1. The molecule has 0 aromatic heterocycles. The van der Waals surface area contributed by atoms with Crippen LogP contribution < -0.4 is 15.4 Å². The second-order valence-electron chi connectivity index (χ2n) is 6.13. The van der Waals surface area contributed by atoms with Crippen LogP contribution in [-0.2, 0) is 6.42 Å². The molecule has 0 aliphatic rings. The van der Waals surface area contributed by atoms with E-state index in [2.05, 4.69) is 21.7 Å². The lowest BCUT2D eigenvalue weighted by molar-refractivity contribution is 0.187. The summed E-state index contributed by atoms with van der Waals surface area (Å²) >= 11 is 0. The predicted octanol–water partition coefficient (Wildman–Crippen LogP) is 2.83. The van der Waals surface area contributed by atoms with E-state index in [0.29, 0.717) is 12.5 Å². The number of methoxy groups -OCH3 is 1. The molecule has 1 atom stereocenters. The fourth-order valence-electron chi connectivity index (χ4n) is 2.64. The van der Waals surface area contributed by atoms with Crippen LogP contribution in [0.2, 0.25) is 0 Å². The average Bonchev–Trinajstić information content (AvgIpc) is 2.66. The second-order valence-corrected chi connectivity index (χ2v) is 6.13. The summed E-state index contributed by atoms with van der Waals surface area (Å²) in [5.74, 6) is 1.60. The van der Waals surface area contributed by atoms with Gasteiger partial charge < -0.3 is 20.5 Å². The van der Waals surface area contributed by atoms with Crippen molar-refractivity contribution in [3.63, 3.8) is 0 Å². The molecule has 0 saturated carbocycles. The molecule has 0 saturated heterocycles. The summed E-state index contributed by atoms with van der Waals surface area (Å²) in [5, 5.41) is 16.8. The van der Waals surface area contributed by atoms with Crippen LogP contribution in [0.1, 0.15) is 29.7 Å². The number of rotatable bonds is 8. The summed E-state index contributed by atoms with van der Waals surface area (Å²) in [4.78, 5) is 4.50. The van der Waals surface area contributed by atoms with E-state index in [1.54, 1.807) is 7.11 Å². The summed E-state index contributed by atoms with van der Waals surface area (Å²) in [6.45, 7) is 5.86. The zero-order chi connectivity index (χ0) is 18.8. The number of aliphatic hydroxyl groups is 1. The maximum atomic E-state index is 10.3. The summed E-state index contributed by atoms with van der Waals surface area (Å²) < 4.78 is 5.38. The zero-order valence-corrected chi connectivity index (χ0v) is 15.8. The molecule has 0 fully saturated rings. The van der Waals surface area contributed by atoms with Crippen LogP contribution in [0.4, 0.5) is 0 Å². The molecule has 2 aromatic rings. The Labute approximate surface area is 156 Å². The van der Waals surface area contributed by atoms with Gasteiger partial charge in [-0.25, -0.2) is 0 Å². The number of aryl methyl sites for hydroxylation is 1. The number of nitrogens with one attached hydrogen (secondary N) is 2. The number of benzene rings is 2. The normalized spacial score (nSPS) is 12.5. The lowest BCUT2D eigenvalue weighted by Gasteiger charge is -2.14. The molecule has 0 bridgehead atoms. The Morgan fingerprint density at radius 1 is 1.12 bits per heavy atom. The molecule has 0 heterocycles. The summed E-state index contributed by atoms with van der Waals surface area (Å²) in [6, 6.07) is 15.9. The minimum atomic E-state index is -0.611. The lowest BCUT2D eigenvalue weighted by Crippen LogP contribution is -2.38. The van der Waals surface area contributed by atoms with Gasteiger partial charge >= 0.3 is 0 Å². The van der Waals surface area contributed by atoms with E-state index >= 15 is 0 Å². The first-order valence-electron chi connectivity index (χ1n) is 9.02. The Kier molecular flexibility index (Phi) is 7.96. The van der Waals surface area contributed by atoms with Crippen LogP contribution >= 0.6 is 0 Å². The number of para-hydroxylation sites is 1. The number of hydrogen-bond acceptors (Lipinski definition) is 3. The molecule has 0 radical (unpaired) electrons. The fourth-order valence-corrected chi connectivity index (χ4v) is 2.64. The highest BCUT2D eigenvalue weighted by Crippen LogP contribution is 2.17. The summed E-state index contributed by atoms with van der Waals surface area (Å²) in [6.07, 6.45) is 0.217. The van der Waals surface area contributed by atoms with E-state index in [0.717, 1.165) is 36.4 Å². The number of aliphatic hydroxyl groups excluding tert-OH is 1. The van der Waals surface area contributed by atoms with Gasteiger partial charge in [0.25, 0.3) is 0 Å². The average molecular weight is 355 g/mol. The molecule has 26 heavy (non-hydrogen) atoms. The highest BCUT2D eigenvalue weighted by atomic mass is 16.5. The fraction of sp³-hybridized carbons (Fsp3) is 0.381. The van der Waals surface area contributed by atoms with E-state index in [-0.39, 0.29) is 0 Å². The van der Waals surface area contributed by atoms with Crippen LogP contribution in [0.15, 0.2) is 53.5 Å². The molecule has 2 aromatic carbocycles. The van der Waals surface area contributed by atoms with Crippen LogP contribution in [-0.4, -0.2) is 37.8 Å². The van der Waals surface area contributed by atoms with Gasteiger partial charge in [-0.2, -0.15) is 0 Å². The second kappa shape index (κ2) is 10.5. The van der Waals surface area contributed by atoms with Crippen molar-refractivity contribution >= 4 is 5.96 Å². The van der Waals surface area contributed by atoms with Gasteiger partial charge in [0, 0.05) is 13.1 Å². The molecule has 0 aliphatic carbocycles. The summed E-state index contributed by atoms with van der Waals surface area (Å²) in [7, 11) is 1.68. The third-order valence-corrected chi connectivity index (χ3v) is 4.11. The third-order valence-electron chi connectivity index (χ3n) is 4.11. The molecule has 3 N–H and O–H groups in total. The van der Waals surface area contributed by atoms with Gasteiger partial charge in [-0.05, 0) is 37.5 Å². The monoisotopic (exact) mass is 355 g/mol. The van der Waals surface area contributed by atoms with Crippen molar-refractivity contribution in [3.05, 3.63) is 65.2 Å². The van der Waals surface area contributed by atoms with E-state index in [1.807, 2.05) is 56.3 Å².